The first-order valence-corrected chi connectivity index (χ1v) is 25.7. The molecule has 0 radical (unpaired) electrons. The van der Waals surface area contributed by atoms with E-state index in [4.69, 9.17) is 11.5 Å². The fraction of sp³-hybridized carbons (Fsp3) is 0.593. The van der Waals surface area contributed by atoms with Gasteiger partial charge < -0.3 is 11.5 Å². The van der Waals surface area contributed by atoms with Crippen LogP contribution in [0, 0.1) is 19.8 Å². The molecule has 0 amide bonds. The van der Waals surface area contributed by atoms with Gasteiger partial charge in [-0.2, -0.15) is 0 Å². The van der Waals surface area contributed by atoms with Gasteiger partial charge in [-0.3, -0.25) is 0 Å². The smallest absolute Gasteiger partial charge is 0.0316 e. The molecule has 61 heavy (non-hydrogen) atoms. The summed E-state index contributed by atoms with van der Waals surface area (Å²) in [6.45, 7) is 11.5. The van der Waals surface area contributed by atoms with Crippen molar-refractivity contribution in [2.45, 2.75) is 219 Å². The van der Waals surface area contributed by atoms with Gasteiger partial charge in [-0.05, 0) is 127 Å². The van der Waals surface area contributed by atoms with Crippen molar-refractivity contribution in [2.75, 3.05) is 11.5 Å². The summed E-state index contributed by atoms with van der Waals surface area (Å²) in [6.07, 6.45) is 34.6. The molecule has 5 rings (SSSR count). The molecule has 4 aromatic rings. The van der Waals surface area contributed by atoms with Gasteiger partial charge in [0.15, 0.2) is 0 Å². The Hall–Kier alpha value is -3.52. The summed E-state index contributed by atoms with van der Waals surface area (Å²) in [5.41, 5.74) is 25.8. The Balaban J connectivity index is 1.41. The summed E-state index contributed by atoms with van der Waals surface area (Å²) in [5.74, 6) is 1.65. The first-order valence-electron chi connectivity index (χ1n) is 25.7. The molecule has 4 N–H and O–H groups in total. The first kappa shape index (κ1) is 48.5. The van der Waals surface area contributed by atoms with E-state index in [0.717, 1.165) is 17.3 Å². The zero-order valence-electron chi connectivity index (χ0n) is 39.9. The number of nitrogen functional groups attached to an aromatic ring is 2. The lowest BCUT2D eigenvalue weighted by Crippen LogP contribution is -2.33. The molecule has 2 atom stereocenters. The molecule has 1 aliphatic rings. The van der Waals surface area contributed by atoms with Crippen molar-refractivity contribution in [3.05, 3.63) is 129 Å². The average molecular weight is 825 g/mol. The summed E-state index contributed by atoms with van der Waals surface area (Å²) < 4.78 is 0. The number of hydrogen-bond acceptors (Lipinski definition) is 2. The summed E-state index contributed by atoms with van der Waals surface area (Å²) in [5, 5.41) is 0. The van der Waals surface area contributed by atoms with Crippen molar-refractivity contribution < 1.29 is 0 Å². The highest BCUT2D eigenvalue weighted by Gasteiger charge is 2.38. The summed E-state index contributed by atoms with van der Waals surface area (Å²) in [4.78, 5) is 0. The number of aryl methyl sites for hydroxylation is 2. The van der Waals surface area contributed by atoms with Crippen molar-refractivity contribution in [2.24, 2.45) is 5.92 Å². The zero-order chi connectivity index (χ0) is 43.3. The maximum atomic E-state index is 6.28. The highest BCUT2D eigenvalue weighted by molar-refractivity contribution is 5.51. The SMILES string of the molecule is CCCCCCCCCC(c1ccc(C2(c3ccc(C(CCCCCCCCC)c4ccc(N)cc4C)cc3)CCC(CCCCCCC)CC2)cc1)c1ccc(N)cc1C. The second-order valence-electron chi connectivity index (χ2n) is 19.6. The van der Waals surface area contributed by atoms with Crippen molar-refractivity contribution >= 4 is 11.4 Å². The Morgan fingerprint density at radius 1 is 0.459 bits per heavy atom. The Bertz CT molecular complexity index is 1670. The lowest BCUT2D eigenvalue weighted by molar-refractivity contribution is 0.250. The van der Waals surface area contributed by atoms with Crippen LogP contribution in [0.5, 0.6) is 0 Å². The van der Waals surface area contributed by atoms with E-state index in [9.17, 15) is 0 Å². The van der Waals surface area contributed by atoms with Gasteiger partial charge in [-0.1, -0.05) is 210 Å². The predicted molar refractivity (Wildman–Crippen MR) is 269 cm³/mol. The average Bonchev–Trinajstić information content (AvgIpc) is 3.27. The maximum Gasteiger partial charge on any atom is 0.0316 e. The van der Waals surface area contributed by atoms with Crippen LogP contribution in [0.1, 0.15) is 244 Å². The fourth-order valence-electron chi connectivity index (χ4n) is 11.1. The van der Waals surface area contributed by atoms with E-state index < -0.39 is 0 Å². The van der Waals surface area contributed by atoms with E-state index in [1.807, 2.05) is 0 Å². The van der Waals surface area contributed by atoms with Crippen LogP contribution in [-0.4, -0.2) is 0 Å². The van der Waals surface area contributed by atoms with Crippen molar-refractivity contribution in [1.29, 1.82) is 0 Å². The van der Waals surface area contributed by atoms with Crippen molar-refractivity contribution in [1.82, 2.24) is 0 Å². The van der Waals surface area contributed by atoms with E-state index in [-0.39, 0.29) is 5.41 Å². The van der Waals surface area contributed by atoms with Gasteiger partial charge in [0, 0.05) is 28.6 Å². The summed E-state index contributed by atoms with van der Waals surface area (Å²) >= 11 is 0. The third-order valence-electron chi connectivity index (χ3n) is 14.9. The van der Waals surface area contributed by atoms with E-state index >= 15 is 0 Å². The van der Waals surface area contributed by atoms with Gasteiger partial charge in [0.05, 0.1) is 0 Å². The molecule has 0 aromatic heterocycles. The van der Waals surface area contributed by atoms with Gasteiger partial charge in [0.25, 0.3) is 0 Å². The van der Waals surface area contributed by atoms with Gasteiger partial charge in [0.1, 0.15) is 0 Å². The number of rotatable bonds is 28. The lowest BCUT2D eigenvalue weighted by atomic mass is 9.62. The minimum absolute atomic E-state index is 0.0476. The summed E-state index contributed by atoms with van der Waals surface area (Å²) in [7, 11) is 0. The minimum Gasteiger partial charge on any atom is -0.399 e. The monoisotopic (exact) mass is 825 g/mol. The van der Waals surface area contributed by atoms with Crippen LogP contribution in [0.2, 0.25) is 0 Å². The number of benzene rings is 4. The number of hydrogen-bond donors (Lipinski definition) is 2. The quantitative estimate of drug-likeness (QED) is 0.0443. The molecule has 0 heterocycles. The Kier molecular flexibility index (Phi) is 20.8. The zero-order valence-corrected chi connectivity index (χ0v) is 39.9. The second kappa shape index (κ2) is 26.2. The van der Waals surface area contributed by atoms with Crippen LogP contribution in [0.15, 0.2) is 84.9 Å². The Morgan fingerprint density at radius 3 is 1.20 bits per heavy atom. The number of unbranched alkanes of at least 4 members (excludes halogenated alkanes) is 16. The van der Waals surface area contributed by atoms with Crippen LogP contribution < -0.4 is 11.5 Å². The topological polar surface area (TPSA) is 52.0 Å². The Morgan fingerprint density at radius 2 is 0.820 bits per heavy atom. The standard InChI is InChI=1S/C59H88N2/c1-6-9-12-15-17-20-23-26-57(55-38-36-53(60)44-46(55)4)49-28-32-51(33-29-49)59(42-40-48(41-43-59)25-22-19-14-11-8-3)52-34-30-50(31-35-52)58(27-24-21-18-16-13-10-7-2)56-39-37-54(61)45-47(56)5/h28-39,44-45,48,57-58H,6-27,40-43,60-61H2,1-5H3. The molecule has 2 unspecified atom stereocenters. The van der Waals surface area contributed by atoms with E-state index in [1.54, 1.807) is 0 Å². The molecule has 2 nitrogen and oxygen atoms in total. The predicted octanol–water partition coefficient (Wildman–Crippen LogP) is 17.8. The number of anilines is 2. The molecular weight excluding hydrogens is 737 g/mol. The van der Waals surface area contributed by atoms with Crippen LogP contribution in [-0.2, 0) is 5.41 Å². The minimum atomic E-state index is 0.0476. The molecule has 1 saturated carbocycles. The largest absolute Gasteiger partial charge is 0.399 e. The number of nitrogens with two attached hydrogens (primary N) is 2. The summed E-state index contributed by atoms with van der Waals surface area (Å²) in [6, 6.07) is 33.4. The van der Waals surface area contributed by atoms with Crippen LogP contribution in [0.4, 0.5) is 11.4 Å². The normalized spacial score (nSPS) is 17.7. The molecular formula is C59H88N2. The van der Waals surface area contributed by atoms with E-state index in [2.05, 4.69) is 120 Å². The molecule has 0 saturated heterocycles. The fourth-order valence-corrected chi connectivity index (χ4v) is 11.1. The molecule has 2 heteroatoms. The molecule has 334 valence electrons. The van der Waals surface area contributed by atoms with E-state index in [1.165, 1.54) is 211 Å². The van der Waals surface area contributed by atoms with E-state index in [0.29, 0.717) is 11.8 Å². The third kappa shape index (κ3) is 14.5. The highest BCUT2D eigenvalue weighted by atomic mass is 14.5. The molecule has 0 aliphatic heterocycles. The van der Waals surface area contributed by atoms with Crippen molar-refractivity contribution in [3.8, 4) is 0 Å². The van der Waals surface area contributed by atoms with Crippen LogP contribution in [0.25, 0.3) is 0 Å². The molecule has 0 bridgehead atoms. The molecule has 1 aliphatic carbocycles. The van der Waals surface area contributed by atoms with Gasteiger partial charge >= 0.3 is 0 Å². The lowest BCUT2D eigenvalue weighted by Gasteiger charge is -2.42. The second-order valence-corrected chi connectivity index (χ2v) is 19.6. The van der Waals surface area contributed by atoms with Crippen LogP contribution >= 0.6 is 0 Å². The van der Waals surface area contributed by atoms with Gasteiger partial charge in [-0.15, -0.1) is 0 Å². The molecule has 1 fully saturated rings. The van der Waals surface area contributed by atoms with Crippen molar-refractivity contribution in [3.63, 3.8) is 0 Å². The third-order valence-corrected chi connectivity index (χ3v) is 14.9. The van der Waals surface area contributed by atoms with Gasteiger partial charge in [0.2, 0.25) is 0 Å². The first-order chi connectivity index (χ1) is 29.8. The Labute approximate surface area is 375 Å². The highest BCUT2D eigenvalue weighted by Crippen LogP contribution is 2.49. The van der Waals surface area contributed by atoms with Crippen LogP contribution in [0.3, 0.4) is 0 Å². The molecule has 0 spiro atoms. The maximum absolute atomic E-state index is 6.28. The van der Waals surface area contributed by atoms with Gasteiger partial charge in [-0.25, -0.2) is 0 Å². The molecule has 4 aromatic carbocycles.